The molecular weight excluding hydrogens is 178 g/mol. The van der Waals surface area contributed by atoms with E-state index in [0.717, 1.165) is 12.8 Å². The second-order valence-corrected chi connectivity index (χ2v) is 4.16. The zero-order valence-corrected chi connectivity index (χ0v) is 8.64. The summed E-state index contributed by atoms with van der Waals surface area (Å²) < 4.78 is 1.81. The van der Waals surface area contributed by atoms with Crippen LogP contribution < -0.4 is 5.32 Å². The van der Waals surface area contributed by atoms with Crippen LogP contribution in [0.15, 0.2) is 12.4 Å². The summed E-state index contributed by atoms with van der Waals surface area (Å²) >= 11 is 0. The van der Waals surface area contributed by atoms with Crippen LogP contribution in [0.3, 0.4) is 0 Å². The molecule has 1 atom stereocenters. The molecule has 1 aliphatic rings. The Labute approximate surface area is 83.9 Å². The summed E-state index contributed by atoms with van der Waals surface area (Å²) in [6.45, 7) is 2.13. The normalized spacial score (nSPS) is 28.5. The molecule has 1 unspecified atom stereocenters. The van der Waals surface area contributed by atoms with Gasteiger partial charge >= 0.3 is 0 Å². The van der Waals surface area contributed by atoms with Gasteiger partial charge < -0.3 is 10.4 Å². The zero-order chi connectivity index (χ0) is 10.1. The minimum absolute atomic E-state index is 0.0893. The van der Waals surface area contributed by atoms with E-state index in [4.69, 9.17) is 5.11 Å². The lowest BCUT2D eigenvalue weighted by Crippen LogP contribution is -2.44. The molecule has 2 rings (SSSR count). The second-order valence-electron chi connectivity index (χ2n) is 4.16. The van der Waals surface area contributed by atoms with Crippen molar-refractivity contribution in [3.63, 3.8) is 0 Å². The van der Waals surface area contributed by atoms with Gasteiger partial charge in [-0.25, -0.2) is 0 Å². The Morgan fingerprint density at radius 2 is 2.36 bits per heavy atom. The summed E-state index contributed by atoms with van der Waals surface area (Å²) in [4.78, 5) is 0. The number of hydrogen-bond acceptors (Lipinski definition) is 3. The van der Waals surface area contributed by atoms with Gasteiger partial charge in [-0.1, -0.05) is 0 Å². The van der Waals surface area contributed by atoms with Gasteiger partial charge in [0, 0.05) is 30.9 Å². The van der Waals surface area contributed by atoms with E-state index in [1.165, 1.54) is 5.56 Å². The van der Waals surface area contributed by atoms with Crippen LogP contribution in [0, 0.1) is 0 Å². The van der Waals surface area contributed by atoms with E-state index in [1.54, 1.807) is 0 Å². The molecule has 4 heteroatoms. The number of aliphatic hydroxyl groups is 1. The lowest BCUT2D eigenvalue weighted by atomic mass is 9.89. The summed E-state index contributed by atoms with van der Waals surface area (Å²) in [5.74, 6) is 0. The Morgan fingerprint density at radius 3 is 2.86 bits per heavy atom. The molecule has 0 amide bonds. The van der Waals surface area contributed by atoms with Gasteiger partial charge in [0.15, 0.2) is 0 Å². The van der Waals surface area contributed by atoms with E-state index in [2.05, 4.69) is 17.3 Å². The van der Waals surface area contributed by atoms with Crippen LogP contribution in [0.2, 0.25) is 0 Å². The molecule has 14 heavy (non-hydrogen) atoms. The van der Waals surface area contributed by atoms with Crippen LogP contribution in [-0.2, 0) is 7.05 Å². The third-order valence-corrected chi connectivity index (χ3v) is 2.82. The van der Waals surface area contributed by atoms with Gasteiger partial charge in [0.1, 0.15) is 0 Å². The van der Waals surface area contributed by atoms with Crippen molar-refractivity contribution in [1.29, 1.82) is 0 Å². The van der Waals surface area contributed by atoms with Crippen molar-refractivity contribution >= 4 is 0 Å². The zero-order valence-electron chi connectivity index (χ0n) is 8.64. The Bertz CT molecular complexity index is 304. The molecular formula is C10H17N3O. The Kier molecular flexibility index (Phi) is 2.56. The fraction of sp³-hybridized carbons (Fsp3) is 0.700. The molecule has 1 heterocycles. The van der Waals surface area contributed by atoms with Crippen molar-refractivity contribution in [2.24, 2.45) is 7.05 Å². The SMILES string of the molecule is CC(NC1CC(O)C1)c1cnn(C)c1. The number of hydrogen-bond donors (Lipinski definition) is 2. The molecule has 0 bridgehead atoms. The van der Waals surface area contributed by atoms with E-state index >= 15 is 0 Å². The quantitative estimate of drug-likeness (QED) is 0.742. The molecule has 0 aromatic carbocycles. The lowest BCUT2D eigenvalue weighted by Gasteiger charge is -2.34. The smallest absolute Gasteiger partial charge is 0.0570 e. The van der Waals surface area contributed by atoms with Crippen LogP contribution in [0.25, 0.3) is 0 Å². The molecule has 0 saturated heterocycles. The maximum Gasteiger partial charge on any atom is 0.0570 e. The third kappa shape index (κ3) is 1.96. The summed E-state index contributed by atoms with van der Waals surface area (Å²) in [7, 11) is 1.92. The van der Waals surface area contributed by atoms with Gasteiger partial charge in [0.2, 0.25) is 0 Å². The molecule has 4 nitrogen and oxygen atoms in total. The number of rotatable bonds is 3. The highest BCUT2D eigenvalue weighted by Gasteiger charge is 2.28. The van der Waals surface area contributed by atoms with Crippen molar-refractivity contribution in [2.75, 3.05) is 0 Å². The second kappa shape index (κ2) is 3.71. The summed E-state index contributed by atoms with van der Waals surface area (Å²) in [5, 5.41) is 16.7. The van der Waals surface area contributed by atoms with Crippen LogP contribution >= 0.6 is 0 Å². The predicted molar refractivity (Wildman–Crippen MR) is 53.8 cm³/mol. The number of nitrogens with one attached hydrogen (secondary N) is 1. The maximum absolute atomic E-state index is 9.15. The molecule has 0 radical (unpaired) electrons. The van der Waals surface area contributed by atoms with Crippen molar-refractivity contribution in [2.45, 2.75) is 38.0 Å². The highest BCUT2D eigenvalue weighted by Crippen LogP contribution is 2.23. The number of nitrogens with zero attached hydrogens (tertiary/aromatic N) is 2. The lowest BCUT2D eigenvalue weighted by molar-refractivity contribution is 0.0586. The van der Waals surface area contributed by atoms with Crippen molar-refractivity contribution in [1.82, 2.24) is 15.1 Å². The fourth-order valence-corrected chi connectivity index (χ4v) is 1.84. The average Bonchev–Trinajstić information content (AvgIpc) is 2.49. The predicted octanol–water partition coefficient (Wildman–Crippen LogP) is 0.594. The average molecular weight is 195 g/mol. The van der Waals surface area contributed by atoms with Crippen molar-refractivity contribution < 1.29 is 5.11 Å². The first kappa shape index (κ1) is 9.68. The molecule has 1 fully saturated rings. The van der Waals surface area contributed by atoms with Crippen LogP contribution in [0.4, 0.5) is 0 Å². The van der Waals surface area contributed by atoms with Gasteiger partial charge in [-0.15, -0.1) is 0 Å². The summed E-state index contributed by atoms with van der Waals surface area (Å²) in [5.41, 5.74) is 1.20. The first-order valence-corrected chi connectivity index (χ1v) is 5.08. The van der Waals surface area contributed by atoms with E-state index in [0.29, 0.717) is 12.1 Å². The van der Waals surface area contributed by atoms with Gasteiger partial charge in [0.25, 0.3) is 0 Å². The van der Waals surface area contributed by atoms with Gasteiger partial charge in [0.05, 0.1) is 12.3 Å². The van der Waals surface area contributed by atoms with Crippen LogP contribution in [0.5, 0.6) is 0 Å². The van der Waals surface area contributed by atoms with E-state index < -0.39 is 0 Å². The topological polar surface area (TPSA) is 50.1 Å². The summed E-state index contributed by atoms with van der Waals surface area (Å²) in [6.07, 6.45) is 5.57. The maximum atomic E-state index is 9.15. The molecule has 2 N–H and O–H groups in total. The number of aliphatic hydroxyl groups excluding tert-OH is 1. The minimum atomic E-state index is -0.0893. The Hall–Kier alpha value is -0.870. The van der Waals surface area contributed by atoms with E-state index in [9.17, 15) is 0 Å². The van der Waals surface area contributed by atoms with Crippen LogP contribution in [-0.4, -0.2) is 27.0 Å². The Morgan fingerprint density at radius 1 is 1.64 bits per heavy atom. The minimum Gasteiger partial charge on any atom is -0.393 e. The molecule has 0 aliphatic heterocycles. The van der Waals surface area contributed by atoms with Crippen LogP contribution in [0.1, 0.15) is 31.4 Å². The van der Waals surface area contributed by atoms with Gasteiger partial charge in [-0.3, -0.25) is 4.68 Å². The molecule has 78 valence electrons. The molecule has 1 saturated carbocycles. The first-order valence-electron chi connectivity index (χ1n) is 5.08. The molecule has 0 spiro atoms. The highest BCUT2D eigenvalue weighted by atomic mass is 16.3. The fourth-order valence-electron chi connectivity index (χ4n) is 1.84. The monoisotopic (exact) mass is 195 g/mol. The first-order chi connectivity index (χ1) is 6.65. The molecule has 1 aliphatic carbocycles. The van der Waals surface area contributed by atoms with Gasteiger partial charge in [-0.2, -0.15) is 5.10 Å². The molecule has 1 aromatic heterocycles. The largest absolute Gasteiger partial charge is 0.393 e. The highest BCUT2D eigenvalue weighted by molar-refractivity contribution is 5.09. The van der Waals surface area contributed by atoms with Crippen molar-refractivity contribution in [3.05, 3.63) is 18.0 Å². The number of aryl methyl sites for hydroxylation is 1. The molecule has 1 aromatic rings. The Balaban J connectivity index is 1.86. The summed E-state index contributed by atoms with van der Waals surface area (Å²) in [6, 6.07) is 0.793. The van der Waals surface area contributed by atoms with Gasteiger partial charge in [-0.05, 0) is 19.8 Å². The number of aromatic nitrogens is 2. The van der Waals surface area contributed by atoms with Crippen molar-refractivity contribution in [3.8, 4) is 0 Å². The standard InChI is InChI=1S/C10H17N3O/c1-7(8-5-11-13(2)6-8)12-9-3-10(14)4-9/h5-7,9-10,12,14H,3-4H2,1-2H3. The third-order valence-electron chi connectivity index (χ3n) is 2.82. The van der Waals surface area contributed by atoms with E-state index in [1.807, 2.05) is 24.1 Å². The van der Waals surface area contributed by atoms with E-state index in [-0.39, 0.29) is 6.10 Å².